The number of hydrogen-bond donors (Lipinski definition) is 3. The van der Waals surface area contributed by atoms with Crippen molar-refractivity contribution in [1.29, 1.82) is 0 Å². The fourth-order valence-corrected chi connectivity index (χ4v) is 1.64. The highest BCUT2D eigenvalue weighted by Gasteiger charge is 2.08. The Kier molecular flexibility index (Phi) is 3.65. The summed E-state index contributed by atoms with van der Waals surface area (Å²) >= 11 is 0. The van der Waals surface area contributed by atoms with Crippen molar-refractivity contribution in [3.05, 3.63) is 60.3 Å². The molecule has 1 aromatic heterocycles. The van der Waals surface area contributed by atoms with Crippen LogP contribution in [-0.4, -0.2) is 26.2 Å². The van der Waals surface area contributed by atoms with Crippen LogP contribution in [0.5, 0.6) is 5.88 Å². The first-order valence-corrected chi connectivity index (χ1v) is 5.73. The molecule has 108 valence electrons. The molecule has 9 heteroatoms. The van der Waals surface area contributed by atoms with Crippen molar-refractivity contribution in [2.45, 2.75) is 6.92 Å². The van der Waals surface area contributed by atoms with Crippen LogP contribution >= 0.6 is 0 Å². The zero-order valence-electron chi connectivity index (χ0n) is 10.8. The number of benzene rings is 1. The second kappa shape index (κ2) is 5.41. The Morgan fingerprint density at radius 1 is 1.33 bits per heavy atom. The average Bonchev–Trinajstić information content (AvgIpc) is 2.38. The molecule has 0 saturated carbocycles. The number of nitrogens with zero attached hydrogens (tertiary/aromatic N) is 2. The van der Waals surface area contributed by atoms with E-state index in [4.69, 9.17) is 0 Å². The van der Waals surface area contributed by atoms with Gasteiger partial charge in [0.25, 0.3) is 11.2 Å². The molecule has 0 unspecified atom stereocenters. The Morgan fingerprint density at radius 2 is 2.05 bits per heavy atom. The minimum atomic E-state index is -0.832. The number of aromatic amines is 2. The predicted octanol–water partition coefficient (Wildman–Crippen LogP) is 0.736. The Hall–Kier alpha value is -3.23. The normalized spacial score (nSPS) is 10.9. The van der Waals surface area contributed by atoms with E-state index in [1.54, 1.807) is 6.92 Å². The summed E-state index contributed by atoms with van der Waals surface area (Å²) in [5.74, 6) is -0.605. The lowest BCUT2D eigenvalue weighted by Crippen LogP contribution is -2.24. The summed E-state index contributed by atoms with van der Waals surface area (Å²) < 4.78 is 0. The van der Waals surface area contributed by atoms with Gasteiger partial charge in [-0.3, -0.25) is 29.9 Å². The summed E-state index contributed by atoms with van der Waals surface area (Å²) in [5.41, 5.74) is -0.990. The number of non-ortho nitro benzene ring substituents is 1. The van der Waals surface area contributed by atoms with Crippen LogP contribution in [-0.2, 0) is 0 Å². The molecule has 0 aliphatic rings. The van der Waals surface area contributed by atoms with Gasteiger partial charge in [0.05, 0.1) is 10.6 Å². The molecular weight excluding hydrogens is 280 g/mol. The Labute approximate surface area is 116 Å². The zero-order chi connectivity index (χ0) is 15.6. The fourth-order valence-electron chi connectivity index (χ4n) is 1.64. The van der Waals surface area contributed by atoms with Gasteiger partial charge in [0.2, 0.25) is 5.88 Å². The summed E-state index contributed by atoms with van der Waals surface area (Å²) in [4.78, 5) is 40.4. The van der Waals surface area contributed by atoms with Gasteiger partial charge < -0.3 is 5.11 Å². The van der Waals surface area contributed by atoms with E-state index < -0.39 is 22.1 Å². The van der Waals surface area contributed by atoms with E-state index in [9.17, 15) is 24.8 Å². The molecular formula is C12H10N4O5. The standard InChI is InChI=1S/C12H10N4O5/c1-6-4-7(16(20)21)2-3-9(6)13-5-8-10(17)14-12(19)15-11(8)18/h2-5H,1H3,(H3,14,15,17,18,19). The van der Waals surface area contributed by atoms with Crippen molar-refractivity contribution >= 4 is 17.6 Å². The van der Waals surface area contributed by atoms with Crippen LogP contribution in [0.25, 0.3) is 0 Å². The number of nitrogens with one attached hydrogen (secondary N) is 2. The maximum absolute atomic E-state index is 11.5. The highest BCUT2D eigenvalue weighted by molar-refractivity contribution is 5.84. The van der Waals surface area contributed by atoms with Gasteiger partial charge in [0, 0.05) is 18.3 Å². The second-order valence-corrected chi connectivity index (χ2v) is 4.16. The molecule has 0 radical (unpaired) electrons. The summed E-state index contributed by atoms with van der Waals surface area (Å²) in [6, 6.07) is 4.03. The highest BCUT2D eigenvalue weighted by atomic mass is 16.6. The largest absolute Gasteiger partial charge is 0.494 e. The first-order valence-electron chi connectivity index (χ1n) is 5.73. The van der Waals surface area contributed by atoms with Crippen molar-refractivity contribution in [3.8, 4) is 5.88 Å². The van der Waals surface area contributed by atoms with Crippen LogP contribution in [0.2, 0.25) is 0 Å². The Morgan fingerprint density at radius 3 is 2.62 bits per heavy atom. The van der Waals surface area contributed by atoms with E-state index in [0.29, 0.717) is 11.3 Å². The van der Waals surface area contributed by atoms with Gasteiger partial charge in [-0.25, -0.2) is 4.79 Å². The summed E-state index contributed by atoms with van der Waals surface area (Å²) in [7, 11) is 0. The maximum Gasteiger partial charge on any atom is 0.328 e. The molecule has 0 saturated heterocycles. The lowest BCUT2D eigenvalue weighted by Gasteiger charge is -2.00. The SMILES string of the molecule is Cc1cc([N+](=O)[O-])ccc1N=Cc1c(O)[nH]c(=O)[nH]c1=O. The van der Waals surface area contributed by atoms with E-state index in [0.717, 1.165) is 6.21 Å². The molecule has 0 fully saturated rings. The van der Waals surface area contributed by atoms with Crippen LogP contribution < -0.4 is 11.2 Å². The number of rotatable bonds is 3. The lowest BCUT2D eigenvalue weighted by atomic mass is 10.2. The Bertz CT molecular complexity index is 849. The number of aliphatic imine (C=N–C) groups is 1. The van der Waals surface area contributed by atoms with E-state index in [-0.39, 0.29) is 11.3 Å². The number of aromatic hydroxyl groups is 1. The van der Waals surface area contributed by atoms with Crippen LogP contribution in [0, 0.1) is 17.0 Å². The smallest absolute Gasteiger partial charge is 0.328 e. The van der Waals surface area contributed by atoms with Gasteiger partial charge in [-0.15, -0.1) is 0 Å². The molecule has 2 aromatic rings. The first kappa shape index (κ1) is 14.2. The van der Waals surface area contributed by atoms with E-state index in [1.807, 2.05) is 9.97 Å². The summed E-state index contributed by atoms with van der Waals surface area (Å²) in [5, 5.41) is 20.1. The van der Waals surface area contributed by atoms with Crippen LogP contribution in [0.15, 0.2) is 32.8 Å². The third-order valence-corrected chi connectivity index (χ3v) is 2.68. The van der Waals surface area contributed by atoms with Crippen molar-refractivity contribution in [2.75, 3.05) is 0 Å². The number of aryl methyl sites for hydroxylation is 1. The van der Waals surface area contributed by atoms with Gasteiger partial charge in [0.1, 0.15) is 5.56 Å². The number of H-pyrrole nitrogens is 2. The number of hydrogen-bond acceptors (Lipinski definition) is 6. The topological polar surface area (TPSA) is 141 Å². The minimum absolute atomic E-state index is 0.0730. The van der Waals surface area contributed by atoms with E-state index in [2.05, 4.69) is 4.99 Å². The molecule has 1 aromatic carbocycles. The highest BCUT2D eigenvalue weighted by Crippen LogP contribution is 2.23. The quantitative estimate of drug-likeness (QED) is 0.434. The van der Waals surface area contributed by atoms with E-state index in [1.165, 1.54) is 18.2 Å². The Balaban J connectivity index is 2.41. The van der Waals surface area contributed by atoms with Gasteiger partial charge in [-0.05, 0) is 18.6 Å². The van der Waals surface area contributed by atoms with Crippen molar-refractivity contribution < 1.29 is 10.0 Å². The minimum Gasteiger partial charge on any atom is -0.494 e. The fraction of sp³-hybridized carbons (Fsp3) is 0.0833. The number of aromatic nitrogens is 2. The van der Waals surface area contributed by atoms with Gasteiger partial charge in [-0.1, -0.05) is 0 Å². The molecule has 9 nitrogen and oxygen atoms in total. The van der Waals surface area contributed by atoms with Crippen molar-refractivity contribution in [1.82, 2.24) is 9.97 Å². The molecule has 0 aliphatic carbocycles. The third-order valence-electron chi connectivity index (χ3n) is 2.68. The molecule has 3 N–H and O–H groups in total. The molecule has 0 aliphatic heterocycles. The lowest BCUT2D eigenvalue weighted by molar-refractivity contribution is -0.384. The molecule has 0 bridgehead atoms. The van der Waals surface area contributed by atoms with E-state index >= 15 is 0 Å². The van der Waals surface area contributed by atoms with Gasteiger partial charge in [-0.2, -0.15) is 0 Å². The van der Waals surface area contributed by atoms with Gasteiger partial charge in [0.15, 0.2) is 0 Å². The van der Waals surface area contributed by atoms with Crippen molar-refractivity contribution in [2.24, 2.45) is 4.99 Å². The molecule has 0 amide bonds. The molecule has 2 rings (SSSR count). The van der Waals surface area contributed by atoms with Crippen LogP contribution in [0.3, 0.4) is 0 Å². The average molecular weight is 290 g/mol. The molecule has 21 heavy (non-hydrogen) atoms. The number of nitro groups is 1. The van der Waals surface area contributed by atoms with Crippen molar-refractivity contribution in [3.63, 3.8) is 0 Å². The molecule has 0 atom stereocenters. The predicted molar refractivity (Wildman–Crippen MR) is 74.4 cm³/mol. The monoisotopic (exact) mass is 290 g/mol. The second-order valence-electron chi connectivity index (χ2n) is 4.16. The maximum atomic E-state index is 11.5. The zero-order valence-corrected chi connectivity index (χ0v) is 10.8. The molecule has 1 heterocycles. The molecule has 0 spiro atoms. The van der Waals surface area contributed by atoms with Crippen LogP contribution in [0.4, 0.5) is 11.4 Å². The van der Waals surface area contributed by atoms with Gasteiger partial charge >= 0.3 is 5.69 Å². The summed E-state index contributed by atoms with van der Waals surface area (Å²) in [6.45, 7) is 1.62. The number of nitro benzene ring substituents is 1. The summed E-state index contributed by atoms with van der Waals surface area (Å²) in [6.07, 6.45) is 1.07. The third kappa shape index (κ3) is 3.03. The van der Waals surface area contributed by atoms with Crippen LogP contribution in [0.1, 0.15) is 11.1 Å². The first-order chi connectivity index (χ1) is 9.88.